The minimum atomic E-state index is -0.537. The molecule has 0 aliphatic rings. The highest BCUT2D eigenvalue weighted by Crippen LogP contribution is 2.23. The third kappa shape index (κ3) is 3.11. The van der Waals surface area contributed by atoms with Gasteiger partial charge in [0.15, 0.2) is 0 Å². The van der Waals surface area contributed by atoms with Crippen molar-refractivity contribution in [2.24, 2.45) is 5.73 Å². The molecular weight excluding hydrogens is 276 g/mol. The van der Waals surface area contributed by atoms with Crippen molar-refractivity contribution in [3.63, 3.8) is 0 Å². The number of aromatic nitrogens is 2. The van der Waals surface area contributed by atoms with Gasteiger partial charge in [0.2, 0.25) is 5.91 Å². The quantitative estimate of drug-likeness (QED) is 0.890. The first kappa shape index (κ1) is 14.4. The molecule has 0 fully saturated rings. The highest BCUT2D eigenvalue weighted by atomic mass is 35.5. The first-order chi connectivity index (χ1) is 9.51. The number of hydrogen-bond donors (Lipinski definition) is 2. The molecule has 0 aliphatic heterocycles. The lowest BCUT2D eigenvalue weighted by molar-refractivity contribution is 0.100. The van der Waals surface area contributed by atoms with Crippen LogP contribution in [0.3, 0.4) is 0 Å². The van der Waals surface area contributed by atoms with E-state index in [0.29, 0.717) is 10.6 Å². The summed E-state index contributed by atoms with van der Waals surface area (Å²) in [6, 6.07) is 5.20. The molecular formula is C14H17ClN4O. The van der Waals surface area contributed by atoms with Crippen molar-refractivity contribution in [3.05, 3.63) is 46.7 Å². The summed E-state index contributed by atoms with van der Waals surface area (Å²) in [5, 5.41) is 7.89. The van der Waals surface area contributed by atoms with Crippen LogP contribution in [0.4, 0.5) is 5.69 Å². The van der Waals surface area contributed by atoms with Crippen molar-refractivity contribution in [1.29, 1.82) is 0 Å². The van der Waals surface area contributed by atoms with E-state index in [2.05, 4.69) is 10.4 Å². The Hall–Kier alpha value is -2.01. The van der Waals surface area contributed by atoms with Gasteiger partial charge in [-0.1, -0.05) is 11.6 Å². The number of rotatable bonds is 5. The standard InChI is InChI=1S/C14H17ClN4O/c1-3-19-8-10(7-17-19)9(2)18-11-4-5-13(15)12(6-11)14(16)20/h4-9,18H,3H2,1-2H3,(H2,16,20). The number of carbonyl (C=O) groups is 1. The van der Waals surface area contributed by atoms with E-state index in [0.717, 1.165) is 17.8 Å². The van der Waals surface area contributed by atoms with E-state index < -0.39 is 5.91 Å². The van der Waals surface area contributed by atoms with Gasteiger partial charge in [-0.05, 0) is 32.0 Å². The molecule has 0 saturated heterocycles. The molecule has 6 heteroatoms. The Labute approximate surface area is 122 Å². The van der Waals surface area contributed by atoms with E-state index in [4.69, 9.17) is 17.3 Å². The minimum absolute atomic E-state index is 0.0669. The third-order valence-corrected chi connectivity index (χ3v) is 3.42. The molecule has 0 radical (unpaired) electrons. The van der Waals surface area contributed by atoms with Crippen LogP contribution < -0.4 is 11.1 Å². The average molecular weight is 293 g/mol. The summed E-state index contributed by atoms with van der Waals surface area (Å²) in [6.07, 6.45) is 3.81. The highest BCUT2D eigenvalue weighted by Gasteiger charge is 2.11. The lowest BCUT2D eigenvalue weighted by atomic mass is 10.1. The Morgan fingerprint density at radius 3 is 2.90 bits per heavy atom. The second kappa shape index (κ2) is 5.96. The zero-order chi connectivity index (χ0) is 14.7. The van der Waals surface area contributed by atoms with Crippen molar-refractivity contribution in [1.82, 2.24) is 9.78 Å². The van der Waals surface area contributed by atoms with Crippen molar-refractivity contribution in [3.8, 4) is 0 Å². The van der Waals surface area contributed by atoms with Gasteiger partial charge in [-0.25, -0.2) is 0 Å². The van der Waals surface area contributed by atoms with Crippen LogP contribution in [-0.2, 0) is 6.54 Å². The third-order valence-electron chi connectivity index (χ3n) is 3.09. The van der Waals surface area contributed by atoms with Crippen LogP contribution >= 0.6 is 11.6 Å². The van der Waals surface area contributed by atoms with Gasteiger partial charge >= 0.3 is 0 Å². The van der Waals surface area contributed by atoms with Crippen molar-refractivity contribution in [2.45, 2.75) is 26.4 Å². The lowest BCUT2D eigenvalue weighted by Gasteiger charge is -2.14. The average Bonchev–Trinajstić information content (AvgIpc) is 2.89. The largest absolute Gasteiger partial charge is 0.378 e. The van der Waals surface area contributed by atoms with Crippen LogP contribution in [-0.4, -0.2) is 15.7 Å². The van der Waals surface area contributed by atoms with Gasteiger partial charge in [-0.2, -0.15) is 5.10 Å². The maximum absolute atomic E-state index is 11.3. The van der Waals surface area contributed by atoms with Crippen LogP contribution in [0.1, 0.15) is 35.8 Å². The summed E-state index contributed by atoms with van der Waals surface area (Å²) in [5.41, 5.74) is 7.46. The fourth-order valence-electron chi connectivity index (χ4n) is 1.91. The number of aryl methyl sites for hydroxylation is 1. The van der Waals surface area contributed by atoms with Crippen LogP contribution in [0, 0.1) is 0 Å². The molecule has 2 aromatic rings. The summed E-state index contributed by atoms with van der Waals surface area (Å²) in [7, 11) is 0. The Morgan fingerprint density at radius 2 is 2.30 bits per heavy atom. The van der Waals surface area contributed by atoms with Crippen LogP contribution in [0.25, 0.3) is 0 Å². The first-order valence-electron chi connectivity index (χ1n) is 6.39. The zero-order valence-electron chi connectivity index (χ0n) is 11.4. The maximum Gasteiger partial charge on any atom is 0.250 e. The van der Waals surface area contributed by atoms with Crippen LogP contribution in [0.15, 0.2) is 30.6 Å². The van der Waals surface area contributed by atoms with Gasteiger partial charge in [0.05, 0.1) is 22.8 Å². The zero-order valence-corrected chi connectivity index (χ0v) is 12.2. The number of anilines is 1. The van der Waals surface area contributed by atoms with Crippen molar-refractivity contribution < 1.29 is 4.79 Å². The second-order valence-electron chi connectivity index (χ2n) is 4.55. The Kier molecular flexibility index (Phi) is 4.29. The number of nitrogens with two attached hydrogens (primary N) is 1. The summed E-state index contributed by atoms with van der Waals surface area (Å²) in [4.78, 5) is 11.3. The number of primary amides is 1. The molecule has 3 N–H and O–H groups in total. The Morgan fingerprint density at radius 1 is 1.55 bits per heavy atom. The normalized spacial score (nSPS) is 12.2. The van der Waals surface area contributed by atoms with Crippen LogP contribution in [0.2, 0.25) is 5.02 Å². The fourth-order valence-corrected chi connectivity index (χ4v) is 2.12. The smallest absolute Gasteiger partial charge is 0.250 e. The molecule has 106 valence electrons. The minimum Gasteiger partial charge on any atom is -0.378 e. The monoisotopic (exact) mass is 292 g/mol. The molecule has 0 bridgehead atoms. The summed E-state index contributed by atoms with van der Waals surface area (Å²) in [5.74, 6) is -0.537. The van der Waals surface area contributed by atoms with Crippen molar-refractivity contribution in [2.75, 3.05) is 5.32 Å². The molecule has 1 amide bonds. The molecule has 5 nitrogen and oxygen atoms in total. The first-order valence-corrected chi connectivity index (χ1v) is 6.77. The molecule has 0 saturated carbocycles. The van der Waals surface area contributed by atoms with Gasteiger partial charge in [-0.3, -0.25) is 9.48 Å². The maximum atomic E-state index is 11.3. The van der Waals surface area contributed by atoms with Gasteiger partial charge in [-0.15, -0.1) is 0 Å². The molecule has 1 atom stereocenters. The molecule has 0 spiro atoms. The number of halogens is 1. The summed E-state index contributed by atoms with van der Waals surface area (Å²) in [6.45, 7) is 4.89. The van der Waals surface area contributed by atoms with Crippen molar-refractivity contribution >= 4 is 23.2 Å². The predicted octanol–water partition coefficient (Wildman–Crippen LogP) is 2.83. The molecule has 2 rings (SSSR count). The summed E-state index contributed by atoms with van der Waals surface area (Å²) < 4.78 is 1.87. The Balaban J connectivity index is 2.17. The van der Waals surface area contributed by atoms with E-state index in [1.54, 1.807) is 12.1 Å². The highest BCUT2D eigenvalue weighted by molar-refractivity contribution is 6.33. The number of hydrogen-bond acceptors (Lipinski definition) is 3. The molecule has 20 heavy (non-hydrogen) atoms. The predicted molar refractivity (Wildman–Crippen MR) is 79.9 cm³/mol. The summed E-state index contributed by atoms with van der Waals surface area (Å²) >= 11 is 5.92. The second-order valence-corrected chi connectivity index (χ2v) is 4.96. The van der Waals surface area contributed by atoms with E-state index in [-0.39, 0.29) is 6.04 Å². The SMILES string of the molecule is CCn1cc(C(C)Nc2ccc(Cl)c(C(N)=O)c2)cn1. The molecule has 1 aromatic heterocycles. The molecule has 1 heterocycles. The topological polar surface area (TPSA) is 72.9 Å². The lowest BCUT2D eigenvalue weighted by Crippen LogP contribution is -2.13. The number of nitrogens with zero attached hydrogens (tertiary/aromatic N) is 2. The van der Waals surface area contributed by atoms with Crippen LogP contribution in [0.5, 0.6) is 0 Å². The molecule has 1 aromatic carbocycles. The van der Waals surface area contributed by atoms with E-state index >= 15 is 0 Å². The van der Waals surface area contributed by atoms with Gasteiger partial charge in [0.1, 0.15) is 0 Å². The molecule has 1 unspecified atom stereocenters. The number of nitrogens with one attached hydrogen (secondary N) is 1. The van der Waals surface area contributed by atoms with E-state index in [9.17, 15) is 4.79 Å². The Bertz CT molecular complexity index is 623. The fraction of sp³-hybridized carbons (Fsp3) is 0.286. The van der Waals surface area contributed by atoms with Gasteiger partial charge in [0.25, 0.3) is 0 Å². The van der Waals surface area contributed by atoms with E-state index in [1.165, 1.54) is 0 Å². The van der Waals surface area contributed by atoms with Gasteiger partial charge in [0, 0.05) is 24.0 Å². The number of amides is 1. The van der Waals surface area contributed by atoms with Gasteiger partial charge < -0.3 is 11.1 Å². The number of benzene rings is 1. The van der Waals surface area contributed by atoms with E-state index in [1.807, 2.05) is 37.0 Å². The molecule has 0 aliphatic carbocycles. The number of carbonyl (C=O) groups excluding carboxylic acids is 1.